The summed E-state index contributed by atoms with van der Waals surface area (Å²) in [6, 6.07) is 7.84. The van der Waals surface area contributed by atoms with Crippen molar-refractivity contribution in [2.75, 3.05) is 7.11 Å². The molecule has 90 valence electrons. The molecular formula is C13H16N2OS. The van der Waals surface area contributed by atoms with Crippen LogP contribution in [0, 0.1) is 6.92 Å². The Morgan fingerprint density at radius 2 is 2.29 bits per heavy atom. The van der Waals surface area contributed by atoms with Gasteiger partial charge in [-0.15, -0.1) is 11.3 Å². The van der Waals surface area contributed by atoms with Crippen molar-refractivity contribution in [3.8, 4) is 5.75 Å². The van der Waals surface area contributed by atoms with E-state index in [0.717, 1.165) is 28.4 Å². The van der Waals surface area contributed by atoms with Gasteiger partial charge >= 0.3 is 0 Å². The average Bonchev–Trinajstić information content (AvgIpc) is 2.75. The fraction of sp³-hybridized carbons (Fsp3) is 0.308. The van der Waals surface area contributed by atoms with Gasteiger partial charge < -0.3 is 10.5 Å². The predicted molar refractivity (Wildman–Crippen MR) is 70.5 cm³/mol. The van der Waals surface area contributed by atoms with E-state index in [1.807, 2.05) is 31.2 Å². The van der Waals surface area contributed by atoms with Gasteiger partial charge in [-0.3, -0.25) is 0 Å². The molecule has 2 rings (SSSR count). The van der Waals surface area contributed by atoms with Gasteiger partial charge in [0.15, 0.2) is 0 Å². The molecule has 0 spiro atoms. The molecule has 0 fully saturated rings. The van der Waals surface area contributed by atoms with Crippen LogP contribution < -0.4 is 10.5 Å². The molecule has 0 saturated carbocycles. The Bertz CT molecular complexity index is 496. The van der Waals surface area contributed by atoms with Crippen molar-refractivity contribution in [2.24, 2.45) is 5.73 Å². The summed E-state index contributed by atoms with van der Waals surface area (Å²) >= 11 is 1.66. The number of thiazole rings is 1. The van der Waals surface area contributed by atoms with E-state index in [-0.39, 0.29) is 6.04 Å². The quantitative estimate of drug-likeness (QED) is 0.905. The van der Waals surface area contributed by atoms with Crippen LogP contribution in [0.4, 0.5) is 0 Å². The second kappa shape index (κ2) is 5.29. The number of hydrogen-bond acceptors (Lipinski definition) is 4. The highest BCUT2D eigenvalue weighted by Gasteiger charge is 2.09. The van der Waals surface area contributed by atoms with Crippen molar-refractivity contribution in [1.82, 2.24) is 4.98 Å². The number of aromatic nitrogens is 1. The summed E-state index contributed by atoms with van der Waals surface area (Å²) in [5, 5.41) is 3.15. The van der Waals surface area contributed by atoms with E-state index in [0.29, 0.717) is 0 Å². The van der Waals surface area contributed by atoms with E-state index in [9.17, 15) is 0 Å². The third kappa shape index (κ3) is 3.05. The highest BCUT2D eigenvalue weighted by molar-refractivity contribution is 7.09. The average molecular weight is 248 g/mol. The van der Waals surface area contributed by atoms with Crippen LogP contribution in [-0.4, -0.2) is 12.1 Å². The SMILES string of the molecule is COc1cccc(C(N)Cc2csc(C)n2)c1. The van der Waals surface area contributed by atoms with Gasteiger partial charge in [-0.2, -0.15) is 0 Å². The van der Waals surface area contributed by atoms with Gasteiger partial charge in [0.25, 0.3) is 0 Å². The van der Waals surface area contributed by atoms with Crippen molar-refractivity contribution in [2.45, 2.75) is 19.4 Å². The molecule has 1 aromatic carbocycles. The van der Waals surface area contributed by atoms with Crippen LogP contribution in [0.3, 0.4) is 0 Å². The molecule has 0 amide bonds. The van der Waals surface area contributed by atoms with Gasteiger partial charge in [-0.25, -0.2) is 4.98 Å². The van der Waals surface area contributed by atoms with Gasteiger partial charge in [-0.05, 0) is 24.6 Å². The largest absolute Gasteiger partial charge is 0.497 e. The molecule has 1 heterocycles. The van der Waals surface area contributed by atoms with Crippen LogP contribution in [0.5, 0.6) is 5.75 Å². The van der Waals surface area contributed by atoms with E-state index < -0.39 is 0 Å². The Kier molecular flexibility index (Phi) is 3.76. The number of methoxy groups -OCH3 is 1. The van der Waals surface area contributed by atoms with Crippen LogP contribution >= 0.6 is 11.3 Å². The van der Waals surface area contributed by atoms with E-state index in [1.165, 1.54) is 0 Å². The number of aryl methyl sites for hydroxylation is 1. The molecule has 0 bridgehead atoms. The molecule has 0 saturated heterocycles. The lowest BCUT2D eigenvalue weighted by Gasteiger charge is -2.11. The monoisotopic (exact) mass is 248 g/mol. The van der Waals surface area contributed by atoms with Crippen molar-refractivity contribution in [3.63, 3.8) is 0 Å². The first-order chi connectivity index (χ1) is 8.19. The molecule has 0 aliphatic heterocycles. The van der Waals surface area contributed by atoms with Crippen molar-refractivity contribution < 1.29 is 4.74 Å². The normalized spacial score (nSPS) is 12.4. The third-order valence-corrected chi connectivity index (χ3v) is 3.44. The zero-order chi connectivity index (χ0) is 12.3. The van der Waals surface area contributed by atoms with E-state index >= 15 is 0 Å². The minimum atomic E-state index is -0.0356. The van der Waals surface area contributed by atoms with Crippen molar-refractivity contribution in [3.05, 3.63) is 45.9 Å². The third-order valence-electron chi connectivity index (χ3n) is 2.62. The second-order valence-electron chi connectivity index (χ2n) is 3.95. The van der Waals surface area contributed by atoms with Crippen molar-refractivity contribution >= 4 is 11.3 Å². The maximum absolute atomic E-state index is 6.17. The molecule has 17 heavy (non-hydrogen) atoms. The van der Waals surface area contributed by atoms with Crippen LogP contribution in [0.1, 0.15) is 22.3 Å². The van der Waals surface area contributed by atoms with E-state index in [4.69, 9.17) is 10.5 Å². The zero-order valence-corrected chi connectivity index (χ0v) is 10.8. The number of ether oxygens (including phenoxy) is 1. The summed E-state index contributed by atoms with van der Waals surface area (Å²) < 4.78 is 5.19. The Balaban J connectivity index is 2.11. The summed E-state index contributed by atoms with van der Waals surface area (Å²) in [5.41, 5.74) is 8.31. The van der Waals surface area contributed by atoms with E-state index in [1.54, 1.807) is 18.4 Å². The Morgan fingerprint density at radius 1 is 1.47 bits per heavy atom. The van der Waals surface area contributed by atoms with Crippen LogP contribution in [0.25, 0.3) is 0 Å². The maximum atomic E-state index is 6.17. The number of rotatable bonds is 4. The lowest BCUT2D eigenvalue weighted by atomic mass is 10.0. The lowest BCUT2D eigenvalue weighted by Crippen LogP contribution is -2.13. The van der Waals surface area contributed by atoms with Gasteiger partial charge in [0.1, 0.15) is 5.75 Å². The fourth-order valence-corrected chi connectivity index (χ4v) is 2.34. The molecule has 1 atom stereocenters. The molecule has 0 radical (unpaired) electrons. The summed E-state index contributed by atoms with van der Waals surface area (Å²) in [6.07, 6.45) is 0.761. The minimum Gasteiger partial charge on any atom is -0.497 e. The van der Waals surface area contributed by atoms with Gasteiger partial charge in [0.2, 0.25) is 0 Å². The molecule has 1 aromatic heterocycles. The molecule has 2 aromatic rings. The Morgan fingerprint density at radius 3 is 2.94 bits per heavy atom. The number of hydrogen-bond donors (Lipinski definition) is 1. The van der Waals surface area contributed by atoms with Crippen molar-refractivity contribution in [1.29, 1.82) is 0 Å². The predicted octanol–water partition coefficient (Wildman–Crippen LogP) is 2.70. The molecule has 2 N–H and O–H groups in total. The lowest BCUT2D eigenvalue weighted by molar-refractivity contribution is 0.413. The smallest absolute Gasteiger partial charge is 0.119 e. The molecule has 3 nitrogen and oxygen atoms in total. The number of nitrogens with zero attached hydrogens (tertiary/aromatic N) is 1. The maximum Gasteiger partial charge on any atom is 0.119 e. The second-order valence-corrected chi connectivity index (χ2v) is 5.01. The Labute approximate surface area is 105 Å². The summed E-state index contributed by atoms with van der Waals surface area (Å²) in [7, 11) is 1.66. The minimum absolute atomic E-state index is 0.0356. The molecule has 0 aliphatic rings. The number of benzene rings is 1. The summed E-state index contributed by atoms with van der Waals surface area (Å²) in [6.45, 7) is 2.01. The molecule has 1 unspecified atom stereocenters. The molecule has 0 aliphatic carbocycles. The van der Waals surface area contributed by atoms with Crippen LogP contribution in [-0.2, 0) is 6.42 Å². The molecular weight excluding hydrogens is 232 g/mol. The van der Waals surface area contributed by atoms with E-state index in [2.05, 4.69) is 10.4 Å². The first-order valence-corrected chi connectivity index (χ1v) is 6.37. The first-order valence-electron chi connectivity index (χ1n) is 5.49. The highest BCUT2D eigenvalue weighted by Crippen LogP contribution is 2.21. The summed E-state index contributed by atoms with van der Waals surface area (Å²) in [4.78, 5) is 4.43. The fourth-order valence-electron chi connectivity index (χ4n) is 1.72. The first kappa shape index (κ1) is 12.1. The topological polar surface area (TPSA) is 48.1 Å². The zero-order valence-electron chi connectivity index (χ0n) is 10.0. The Hall–Kier alpha value is -1.39. The number of nitrogens with two attached hydrogens (primary N) is 1. The highest BCUT2D eigenvalue weighted by atomic mass is 32.1. The standard InChI is InChI=1S/C13H16N2OS/c1-9-15-11(8-17-9)7-13(14)10-4-3-5-12(6-10)16-2/h3-6,8,13H,7,14H2,1-2H3. The van der Waals surface area contributed by atoms with Gasteiger partial charge in [-0.1, -0.05) is 12.1 Å². The van der Waals surface area contributed by atoms with Gasteiger partial charge in [0, 0.05) is 17.8 Å². The molecule has 4 heteroatoms. The van der Waals surface area contributed by atoms with Gasteiger partial charge in [0.05, 0.1) is 17.8 Å². The van der Waals surface area contributed by atoms with Crippen LogP contribution in [0.15, 0.2) is 29.6 Å². The summed E-state index contributed by atoms with van der Waals surface area (Å²) in [5.74, 6) is 0.840. The van der Waals surface area contributed by atoms with Crippen LogP contribution in [0.2, 0.25) is 0 Å².